The van der Waals surface area contributed by atoms with Crippen molar-refractivity contribution in [2.45, 2.75) is 54.6 Å². The molecule has 1 aromatic heterocycles. The molecule has 0 amide bonds. The summed E-state index contributed by atoms with van der Waals surface area (Å²) >= 11 is 0. The number of halogens is 2. The van der Waals surface area contributed by atoms with Gasteiger partial charge in [-0.3, -0.25) is 0 Å². The van der Waals surface area contributed by atoms with Crippen LogP contribution in [0.2, 0.25) is 13.1 Å². The fraction of sp³-hybridized carbons (Fsp3) is 0.296. The van der Waals surface area contributed by atoms with Crippen LogP contribution < -0.4 is 0 Å². The van der Waals surface area contributed by atoms with E-state index < -0.39 is 0 Å². The van der Waals surface area contributed by atoms with Crippen LogP contribution in [0.15, 0.2) is 72.8 Å². The zero-order valence-corrected chi connectivity index (χ0v) is 24.9. The molecule has 1 N–H and O–H groups in total. The molecule has 0 unspecified atom stereocenters. The zero-order chi connectivity index (χ0) is 22.1. The molecule has 0 bridgehead atoms. The van der Waals surface area contributed by atoms with Crippen molar-refractivity contribution >= 4 is 56.0 Å². The molecule has 0 saturated carbocycles. The summed E-state index contributed by atoms with van der Waals surface area (Å²) in [6.07, 6.45) is 2.91. The molecule has 0 saturated heterocycles. The van der Waals surface area contributed by atoms with E-state index >= 15 is 0 Å². The summed E-state index contributed by atoms with van der Waals surface area (Å²) in [4.78, 5) is 2.99. The predicted molar refractivity (Wildman–Crippen MR) is 149 cm³/mol. The fourth-order valence-electron chi connectivity index (χ4n) is 2.00. The van der Waals surface area contributed by atoms with Gasteiger partial charge < -0.3 is 16.8 Å². The molecule has 1 heterocycles. The van der Waals surface area contributed by atoms with Crippen molar-refractivity contribution in [2.75, 3.05) is 0 Å². The molecule has 4 rings (SSSR count). The number of aromatic nitrogens is 1. The minimum absolute atomic E-state index is 0. The summed E-state index contributed by atoms with van der Waals surface area (Å²) in [7, 11) is 1.08. The zero-order valence-electron chi connectivity index (χ0n) is 20.7. The first-order chi connectivity index (χ1) is 13.8. The normalized spacial score (nSPS) is 8.56. The topological polar surface area (TPSA) is 15.8 Å². The van der Waals surface area contributed by atoms with Gasteiger partial charge in [0.05, 0.1) is 0 Å². The van der Waals surface area contributed by atoms with Gasteiger partial charge in [0.25, 0.3) is 0 Å². The Bertz CT molecular complexity index is 734. The molecule has 174 valence electrons. The summed E-state index contributed by atoms with van der Waals surface area (Å²) in [5.74, 6) is 2.83. The van der Waals surface area contributed by atoms with Gasteiger partial charge in [0.2, 0.25) is 0 Å². The van der Waals surface area contributed by atoms with Gasteiger partial charge in [-0.1, -0.05) is 31.3 Å². The van der Waals surface area contributed by atoms with Crippen molar-refractivity contribution in [3.8, 4) is 0 Å². The molecule has 0 fully saturated rings. The Morgan fingerprint density at radius 1 is 0.750 bits per heavy atom. The quantitative estimate of drug-likeness (QED) is 0.174. The van der Waals surface area contributed by atoms with Gasteiger partial charge >= 0.3 is 21.7 Å². The van der Waals surface area contributed by atoms with Crippen LogP contribution in [0, 0.1) is 18.0 Å². The average Bonchev–Trinajstić information content (AvgIpc) is 3.31. The molecular weight excluding hydrogens is 485 g/mol. The smallest absolute Gasteiger partial charge is 0.477 e. The third-order valence-electron chi connectivity index (χ3n) is 2.94. The van der Waals surface area contributed by atoms with E-state index in [1.54, 1.807) is 0 Å². The van der Waals surface area contributed by atoms with E-state index in [4.69, 9.17) is 0 Å². The number of nitrogens with one attached hydrogen (secondary N) is 1. The number of hydrogen-bond donors (Lipinski definition) is 1. The summed E-state index contributed by atoms with van der Waals surface area (Å²) in [5.41, 5.74) is 1.15. The minimum atomic E-state index is 0. The molecule has 5 heteroatoms. The molecule has 3 aromatic carbocycles. The number of aromatic amines is 1. The maximum absolute atomic E-state index is 2.99. The first-order valence-corrected chi connectivity index (χ1v) is 12.0. The van der Waals surface area contributed by atoms with E-state index in [-0.39, 0.29) is 46.5 Å². The number of H-pyrrole nitrogens is 1. The molecule has 0 aliphatic rings. The maximum atomic E-state index is 2.99. The van der Waals surface area contributed by atoms with Crippen LogP contribution in [0.4, 0.5) is 0 Å². The SMILES string of the molecule is C[C-](C)C.C[C-](C)C.C[Si]C.Cl.Cl.[Ti+4].[c-]1cc2ccccc2[nH]1.c1ccc2[cH-]ccc2c1. The first-order valence-electron chi connectivity index (χ1n) is 9.98. The van der Waals surface area contributed by atoms with E-state index in [1.807, 2.05) is 24.3 Å². The predicted octanol–water partition coefficient (Wildman–Crippen LogP) is 9.40. The standard InChI is InChI=1S/C9H7.C8H6N.2C4H9.C2H6Si.2ClH.Ti/c1-2-5-9-7-3-6-8(9)4-1;1-2-4-8-7(3-1)5-6-9-8;2*1-4(2)3;1-3-2;;;/h1-7H;1-5,9H;2*1-3H3;1-2H3;2*1H;/q4*-1;;;;+4. The van der Waals surface area contributed by atoms with Gasteiger partial charge in [0.15, 0.2) is 0 Å². The van der Waals surface area contributed by atoms with Crippen LogP contribution in [0.3, 0.4) is 0 Å². The molecule has 32 heavy (non-hydrogen) atoms. The van der Waals surface area contributed by atoms with Gasteiger partial charge in [-0.2, -0.15) is 70.5 Å². The van der Waals surface area contributed by atoms with Crippen molar-refractivity contribution in [3.05, 3.63) is 90.8 Å². The second kappa shape index (κ2) is 24.7. The van der Waals surface area contributed by atoms with Gasteiger partial charge in [-0.05, 0) is 0 Å². The van der Waals surface area contributed by atoms with E-state index in [0.717, 1.165) is 15.0 Å². The molecule has 2 radical (unpaired) electrons. The van der Waals surface area contributed by atoms with Crippen molar-refractivity contribution in [1.82, 2.24) is 4.98 Å². The van der Waals surface area contributed by atoms with E-state index in [2.05, 4.69) is 114 Å². The monoisotopic (exact) mass is 523 g/mol. The second-order valence-electron chi connectivity index (χ2n) is 7.66. The van der Waals surface area contributed by atoms with Crippen LogP contribution in [0.1, 0.15) is 41.5 Å². The van der Waals surface area contributed by atoms with E-state index in [0.29, 0.717) is 0 Å². The third-order valence-corrected chi connectivity index (χ3v) is 2.94. The Labute approximate surface area is 227 Å². The molecule has 4 aromatic rings. The van der Waals surface area contributed by atoms with Crippen molar-refractivity contribution in [1.29, 1.82) is 0 Å². The number of benzene rings is 2. The summed E-state index contributed by atoms with van der Waals surface area (Å²) in [6.45, 7) is 16.8. The van der Waals surface area contributed by atoms with Gasteiger partial charge in [-0.15, -0.1) is 78.3 Å². The number of para-hydroxylation sites is 1. The number of hydrogen-bond acceptors (Lipinski definition) is 0. The van der Waals surface area contributed by atoms with Crippen LogP contribution in [-0.2, 0) is 21.7 Å². The average molecular weight is 524 g/mol. The van der Waals surface area contributed by atoms with Crippen LogP contribution >= 0.6 is 24.8 Å². The Kier molecular flexibility index (Phi) is 29.7. The minimum Gasteiger partial charge on any atom is -0.477 e. The van der Waals surface area contributed by atoms with Crippen molar-refractivity contribution in [2.24, 2.45) is 0 Å². The van der Waals surface area contributed by atoms with Crippen molar-refractivity contribution < 1.29 is 21.7 Å². The maximum Gasteiger partial charge on any atom is 4.00 e. The van der Waals surface area contributed by atoms with E-state index in [1.165, 1.54) is 28.0 Å². The second-order valence-corrected chi connectivity index (χ2v) is 8.66. The number of rotatable bonds is 0. The Morgan fingerprint density at radius 2 is 1.19 bits per heavy atom. The summed E-state index contributed by atoms with van der Waals surface area (Å²) in [5, 5.41) is 3.88. The Morgan fingerprint density at radius 3 is 1.66 bits per heavy atom. The van der Waals surface area contributed by atoms with Crippen molar-refractivity contribution in [3.63, 3.8) is 0 Å². The summed E-state index contributed by atoms with van der Waals surface area (Å²) in [6, 6.07) is 24.7. The van der Waals surface area contributed by atoms with Gasteiger partial charge in [-0.25, -0.2) is 0 Å². The Balaban J connectivity index is -0.000000161. The first kappa shape index (κ1) is 38.4. The molecule has 0 aliphatic heterocycles. The Hall–Kier alpha value is -0.899. The molecular formula is C27H39Cl2NSiTi. The number of fused-ring (bicyclic) bond motifs is 2. The van der Waals surface area contributed by atoms with E-state index in [9.17, 15) is 0 Å². The van der Waals surface area contributed by atoms with Gasteiger partial charge in [0, 0.05) is 9.52 Å². The van der Waals surface area contributed by atoms with Crippen LogP contribution in [-0.4, -0.2) is 14.5 Å². The molecule has 1 nitrogen and oxygen atoms in total. The van der Waals surface area contributed by atoms with Gasteiger partial charge in [0.1, 0.15) is 0 Å². The largest absolute Gasteiger partial charge is 4.00 e. The summed E-state index contributed by atoms with van der Waals surface area (Å²) < 4.78 is 0. The molecule has 0 spiro atoms. The van der Waals surface area contributed by atoms with Crippen LogP contribution in [0.5, 0.6) is 0 Å². The molecule has 0 atom stereocenters. The molecule has 0 aliphatic carbocycles. The van der Waals surface area contributed by atoms with Crippen LogP contribution in [0.25, 0.3) is 21.7 Å². The third kappa shape index (κ3) is 21.0. The fourth-order valence-corrected chi connectivity index (χ4v) is 2.00.